The van der Waals surface area contributed by atoms with Crippen molar-refractivity contribution in [2.75, 3.05) is 6.54 Å². The number of nitrogens with one attached hydrogen (secondary N) is 2. The molecule has 3 rings (SSSR count). The van der Waals surface area contributed by atoms with Crippen LogP contribution in [0.25, 0.3) is 10.8 Å². The van der Waals surface area contributed by atoms with Crippen molar-refractivity contribution >= 4 is 16.7 Å². The molecule has 0 spiro atoms. The summed E-state index contributed by atoms with van der Waals surface area (Å²) < 4.78 is 0. The summed E-state index contributed by atoms with van der Waals surface area (Å²) in [5, 5.41) is 10.4. The summed E-state index contributed by atoms with van der Waals surface area (Å²) in [4.78, 5) is 24.0. The molecule has 2 aromatic rings. The lowest BCUT2D eigenvalue weighted by Crippen LogP contribution is -2.31. The van der Waals surface area contributed by atoms with Crippen molar-refractivity contribution in [3.63, 3.8) is 0 Å². The summed E-state index contributed by atoms with van der Waals surface area (Å²) in [6, 6.07) is 7.05. The average Bonchev–Trinajstić information content (AvgIpc) is 2.54. The van der Waals surface area contributed by atoms with Crippen molar-refractivity contribution in [2.24, 2.45) is 5.92 Å². The van der Waals surface area contributed by atoms with Crippen LogP contribution < -0.4 is 10.9 Å². The van der Waals surface area contributed by atoms with E-state index >= 15 is 0 Å². The normalized spacial score (nSPS) is 16.0. The number of H-pyrrole nitrogens is 1. The number of nitrogens with zero attached hydrogens (tertiary/aromatic N) is 1. The number of carbonyl (C=O) groups excluding carboxylic acids is 1. The van der Waals surface area contributed by atoms with E-state index in [-0.39, 0.29) is 11.5 Å². The topological polar surface area (TPSA) is 74.8 Å². The Balaban J connectivity index is 1.78. The van der Waals surface area contributed by atoms with Crippen LogP contribution in [0, 0.1) is 5.92 Å². The highest BCUT2D eigenvalue weighted by atomic mass is 16.2. The van der Waals surface area contributed by atoms with Gasteiger partial charge >= 0.3 is 0 Å². The lowest BCUT2D eigenvalue weighted by Gasteiger charge is -2.21. The number of rotatable bonds is 3. The van der Waals surface area contributed by atoms with Crippen molar-refractivity contribution < 1.29 is 4.79 Å². The number of fused-ring (bicyclic) bond motifs is 1. The van der Waals surface area contributed by atoms with Gasteiger partial charge in [-0.25, -0.2) is 5.10 Å². The maximum Gasteiger partial charge on any atom is 0.272 e. The third-order valence-corrected chi connectivity index (χ3v) is 4.19. The third-order valence-electron chi connectivity index (χ3n) is 4.19. The van der Waals surface area contributed by atoms with Gasteiger partial charge < -0.3 is 5.32 Å². The number of carbonyl (C=O) groups is 1. The van der Waals surface area contributed by atoms with E-state index in [9.17, 15) is 9.59 Å². The minimum Gasteiger partial charge on any atom is -0.350 e. The second-order valence-electron chi connectivity index (χ2n) is 5.66. The Labute approximate surface area is 122 Å². The molecule has 0 unspecified atom stereocenters. The van der Waals surface area contributed by atoms with Crippen LogP contribution in [0.4, 0.5) is 0 Å². The predicted octanol–water partition coefficient (Wildman–Crippen LogP) is 2.23. The zero-order chi connectivity index (χ0) is 14.7. The second kappa shape index (κ2) is 6.08. The molecule has 1 aromatic heterocycles. The van der Waals surface area contributed by atoms with Crippen LogP contribution in [0.5, 0.6) is 0 Å². The first-order valence-corrected chi connectivity index (χ1v) is 7.51. The number of aromatic amines is 1. The van der Waals surface area contributed by atoms with Gasteiger partial charge in [-0.05, 0) is 24.8 Å². The van der Waals surface area contributed by atoms with Gasteiger partial charge in [0, 0.05) is 11.9 Å². The largest absolute Gasteiger partial charge is 0.350 e. The molecular formula is C16H19N3O2. The zero-order valence-corrected chi connectivity index (χ0v) is 11.9. The van der Waals surface area contributed by atoms with E-state index in [1.165, 1.54) is 32.1 Å². The number of amides is 1. The molecule has 0 bridgehead atoms. The standard InChI is InChI=1S/C16H19N3O2/c20-15-13-9-5-4-8-12(13)14(18-19-15)16(21)17-10-11-6-2-1-3-7-11/h4-5,8-9,11H,1-3,6-7,10H2,(H,17,21)(H,19,20). The van der Waals surface area contributed by atoms with E-state index in [4.69, 9.17) is 0 Å². The highest BCUT2D eigenvalue weighted by molar-refractivity contribution is 6.04. The van der Waals surface area contributed by atoms with Gasteiger partial charge in [0.05, 0.1) is 5.39 Å². The number of hydrogen-bond acceptors (Lipinski definition) is 3. The van der Waals surface area contributed by atoms with Gasteiger partial charge in [0.15, 0.2) is 5.69 Å². The molecule has 1 aliphatic rings. The molecule has 1 fully saturated rings. The Bertz CT molecular complexity index is 702. The molecule has 5 nitrogen and oxygen atoms in total. The van der Waals surface area contributed by atoms with Crippen LogP contribution in [0.1, 0.15) is 42.6 Å². The SMILES string of the molecule is O=C(NCC1CCCCC1)c1n[nH]c(=O)c2ccccc12. The van der Waals surface area contributed by atoms with Crippen LogP contribution >= 0.6 is 0 Å². The summed E-state index contributed by atoms with van der Waals surface area (Å²) in [5.41, 5.74) is 0.0236. The predicted molar refractivity (Wildman–Crippen MR) is 81.3 cm³/mol. The lowest BCUT2D eigenvalue weighted by atomic mass is 9.89. The maximum atomic E-state index is 12.3. The Hall–Kier alpha value is -2.17. The Kier molecular flexibility index (Phi) is 3.99. The van der Waals surface area contributed by atoms with Crippen molar-refractivity contribution in [3.8, 4) is 0 Å². The van der Waals surface area contributed by atoms with Crippen LogP contribution in [0.15, 0.2) is 29.1 Å². The molecule has 0 saturated heterocycles. The fourth-order valence-corrected chi connectivity index (χ4v) is 3.00. The van der Waals surface area contributed by atoms with Gasteiger partial charge in [0.25, 0.3) is 11.5 Å². The van der Waals surface area contributed by atoms with Crippen LogP contribution in [-0.2, 0) is 0 Å². The fraction of sp³-hybridized carbons (Fsp3) is 0.438. The molecule has 1 aliphatic carbocycles. The molecule has 2 N–H and O–H groups in total. The number of hydrogen-bond donors (Lipinski definition) is 2. The van der Waals surface area contributed by atoms with E-state index in [1.54, 1.807) is 24.3 Å². The number of benzene rings is 1. The lowest BCUT2D eigenvalue weighted by molar-refractivity contribution is 0.0939. The first kappa shape index (κ1) is 13.8. The van der Waals surface area contributed by atoms with Gasteiger partial charge in [-0.3, -0.25) is 9.59 Å². The highest BCUT2D eigenvalue weighted by Crippen LogP contribution is 2.23. The van der Waals surface area contributed by atoms with Crippen molar-refractivity contribution in [1.29, 1.82) is 0 Å². The summed E-state index contributed by atoms with van der Waals surface area (Å²) in [6.07, 6.45) is 6.16. The Morgan fingerprint density at radius 3 is 2.67 bits per heavy atom. The first-order valence-electron chi connectivity index (χ1n) is 7.51. The quantitative estimate of drug-likeness (QED) is 0.908. The number of aromatic nitrogens is 2. The van der Waals surface area contributed by atoms with Gasteiger partial charge in [-0.1, -0.05) is 37.5 Å². The highest BCUT2D eigenvalue weighted by Gasteiger charge is 2.17. The van der Waals surface area contributed by atoms with Crippen LogP contribution in [-0.4, -0.2) is 22.6 Å². The molecule has 1 saturated carbocycles. The van der Waals surface area contributed by atoms with E-state index < -0.39 is 0 Å². The second-order valence-corrected chi connectivity index (χ2v) is 5.66. The summed E-state index contributed by atoms with van der Waals surface area (Å²) in [7, 11) is 0. The zero-order valence-electron chi connectivity index (χ0n) is 11.9. The third kappa shape index (κ3) is 2.96. The summed E-state index contributed by atoms with van der Waals surface area (Å²) in [5.74, 6) is 0.352. The molecular weight excluding hydrogens is 266 g/mol. The van der Waals surface area contributed by atoms with E-state index in [2.05, 4.69) is 15.5 Å². The van der Waals surface area contributed by atoms with Crippen molar-refractivity contribution in [3.05, 3.63) is 40.3 Å². The van der Waals surface area contributed by atoms with Gasteiger partial charge in [0.1, 0.15) is 0 Å². The van der Waals surface area contributed by atoms with Crippen molar-refractivity contribution in [2.45, 2.75) is 32.1 Å². The smallest absolute Gasteiger partial charge is 0.272 e. The van der Waals surface area contributed by atoms with E-state index in [0.29, 0.717) is 28.9 Å². The minimum atomic E-state index is -0.269. The Morgan fingerprint density at radius 1 is 1.19 bits per heavy atom. The van der Waals surface area contributed by atoms with Gasteiger partial charge in [0.2, 0.25) is 0 Å². The minimum absolute atomic E-state index is 0.215. The monoisotopic (exact) mass is 285 g/mol. The molecule has 0 radical (unpaired) electrons. The molecule has 5 heteroatoms. The summed E-state index contributed by atoms with van der Waals surface area (Å²) >= 11 is 0. The van der Waals surface area contributed by atoms with Crippen LogP contribution in [0.3, 0.4) is 0 Å². The van der Waals surface area contributed by atoms with Crippen molar-refractivity contribution in [1.82, 2.24) is 15.5 Å². The first-order chi connectivity index (χ1) is 10.3. The summed E-state index contributed by atoms with van der Waals surface area (Å²) in [6.45, 7) is 0.688. The molecule has 1 aromatic carbocycles. The van der Waals surface area contributed by atoms with Crippen LogP contribution in [0.2, 0.25) is 0 Å². The van der Waals surface area contributed by atoms with Gasteiger partial charge in [-0.2, -0.15) is 5.10 Å². The molecule has 1 heterocycles. The average molecular weight is 285 g/mol. The molecule has 1 amide bonds. The Morgan fingerprint density at radius 2 is 1.90 bits per heavy atom. The maximum absolute atomic E-state index is 12.3. The molecule has 110 valence electrons. The van der Waals surface area contributed by atoms with Gasteiger partial charge in [-0.15, -0.1) is 0 Å². The van der Waals surface area contributed by atoms with E-state index in [1.807, 2.05) is 0 Å². The molecule has 21 heavy (non-hydrogen) atoms. The fourth-order valence-electron chi connectivity index (χ4n) is 3.00. The molecule has 0 aliphatic heterocycles. The van der Waals surface area contributed by atoms with E-state index in [0.717, 1.165) is 0 Å². The molecule has 0 atom stereocenters.